The van der Waals surface area contributed by atoms with Crippen molar-refractivity contribution >= 4 is 29.9 Å². The number of aromatic nitrogens is 2. The molecule has 1 unspecified atom stereocenters. The van der Waals surface area contributed by atoms with Gasteiger partial charge in [0.25, 0.3) is 0 Å². The molecule has 1 atom stereocenters. The van der Waals surface area contributed by atoms with Crippen LogP contribution in [-0.2, 0) is 24.5 Å². The smallest absolute Gasteiger partial charge is 0.374 e. The summed E-state index contributed by atoms with van der Waals surface area (Å²) in [7, 11) is 3.03. The second kappa shape index (κ2) is 12.0. The fourth-order valence-corrected chi connectivity index (χ4v) is 2.66. The van der Waals surface area contributed by atoms with Gasteiger partial charge in [-0.1, -0.05) is 30.3 Å². The molecule has 0 amide bonds. The van der Waals surface area contributed by atoms with Crippen LogP contribution in [0.4, 0.5) is 13.2 Å². The second-order valence-corrected chi connectivity index (χ2v) is 6.30. The Hall–Kier alpha value is -1.82. The van der Waals surface area contributed by atoms with E-state index in [0.29, 0.717) is 19.1 Å². The molecular formula is C19H27F3IN5O. The lowest BCUT2D eigenvalue weighted by Gasteiger charge is -2.15. The number of benzene rings is 1. The molecule has 0 saturated heterocycles. The molecule has 0 saturated carbocycles. The van der Waals surface area contributed by atoms with E-state index in [2.05, 4.69) is 20.7 Å². The highest BCUT2D eigenvalue weighted by Crippen LogP contribution is 2.30. The number of guanidine groups is 1. The van der Waals surface area contributed by atoms with E-state index in [4.69, 9.17) is 4.74 Å². The van der Waals surface area contributed by atoms with E-state index >= 15 is 0 Å². The van der Waals surface area contributed by atoms with Crippen LogP contribution in [0.1, 0.15) is 36.3 Å². The number of rotatable bonds is 8. The van der Waals surface area contributed by atoms with Gasteiger partial charge in [0.15, 0.2) is 11.7 Å². The summed E-state index contributed by atoms with van der Waals surface area (Å²) in [5.74, 6) is 0.424. The maximum Gasteiger partial charge on any atom is 0.435 e. The van der Waals surface area contributed by atoms with Crippen molar-refractivity contribution < 1.29 is 17.9 Å². The lowest BCUT2D eigenvalue weighted by atomic mass is 10.1. The number of nitrogens with one attached hydrogen (secondary N) is 2. The molecule has 0 aliphatic rings. The standard InChI is InChI=1S/C19H26F3N5O.HI/c1-14(15-8-5-4-6-9-15)28-11-7-10-24-18(23-2)25-12-16-13-27(3)26-17(16)19(20,21)22;/h4-6,8-9,13-14H,7,10-12H2,1-3H3,(H2,23,24,25);1H. The number of hydrogen-bond acceptors (Lipinski definition) is 3. The van der Waals surface area contributed by atoms with Crippen molar-refractivity contribution in [2.24, 2.45) is 12.0 Å². The van der Waals surface area contributed by atoms with Gasteiger partial charge in [0.1, 0.15) is 0 Å². The molecule has 2 aromatic rings. The van der Waals surface area contributed by atoms with Gasteiger partial charge in [0.05, 0.1) is 6.10 Å². The molecule has 6 nitrogen and oxygen atoms in total. The van der Waals surface area contributed by atoms with Gasteiger partial charge in [0, 0.05) is 45.6 Å². The zero-order valence-corrected chi connectivity index (χ0v) is 19.0. The minimum Gasteiger partial charge on any atom is -0.374 e. The first-order chi connectivity index (χ1) is 13.3. The van der Waals surface area contributed by atoms with Gasteiger partial charge in [-0.2, -0.15) is 18.3 Å². The Morgan fingerprint density at radius 1 is 1.24 bits per heavy atom. The first-order valence-electron chi connectivity index (χ1n) is 9.02. The van der Waals surface area contributed by atoms with Crippen molar-refractivity contribution in [1.29, 1.82) is 0 Å². The van der Waals surface area contributed by atoms with E-state index in [1.54, 1.807) is 7.05 Å². The topological polar surface area (TPSA) is 63.5 Å². The fraction of sp³-hybridized carbons (Fsp3) is 0.474. The normalized spacial score (nSPS) is 13.0. The van der Waals surface area contributed by atoms with Crippen molar-refractivity contribution in [3.8, 4) is 0 Å². The van der Waals surface area contributed by atoms with Gasteiger partial charge in [-0.15, -0.1) is 24.0 Å². The molecule has 162 valence electrons. The molecule has 0 bridgehead atoms. The molecule has 2 N–H and O–H groups in total. The Balaban J connectivity index is 0.00000420. The highest BCUT2D eigenvalue weighted by atomic mass is 127. The summed E-state index contributed by atoms with van der Waals surface area (Å²) in [4.78, 5) is 4.03. The molecule has 0 aliphatic carbocycles. The van der Waals surface area contributed by atoms with Crippen LogP contribution in [-0.4, -0.2) is 35.9 Å². The van der Waals surface area contributed by atoms with Gasteiger partial charge in [-0.3, -0.25) is 9.67 Å². The number of aryl methyl sites for hydroxylation is 1. The summed E-state index contributed by atoms with van der Waals surface area (Å²) in [6, 6.07) is 9.93. The SMILES string of the molecule is CN=C(NCCCOC(C)c1ccccc1)NCc1cn(C)nc1C(F)(F)F.I. The third kappa shape index (κ3) is 8.21. The van der Waals surface area contributed by atoms with Crippen LogP contribution in [0.25, 0.3) is 0 Å². The first kappa shape index (κ1) is 25.2. The van der Waals surface area contributed by atoms with E-state index in [1.807, 2.05) is 37.3 Å². The Morgan fingerprint density at radius 3 is 2.55 bits per heavy atom. The second-order valence-electron chi connectivity index (χ2n) is 6.30. The largest absolute Gasteiger partial charge is 0.435 e. The average molecular weight is 525 g/mol. The molecule has 10 heteroatoms. The number of ether oxygens (including phenoxy) is 1. The van der Waals surface area contributed by atoms with Crippen molar-refractivity contribution in [3.05, 3.63) is 53.3 Å². The summed E-state index contributed by atoms with van der Waals surface area (Å²) in [5, 5.41) is 9.44. The van der Waals surface area contributed by atoms with Crippen LogP contribution in [0, 0.1) is 0 Å². The maximum absolute atomic E-state index is 13.0. The molecule has 0 spiro atoms. The molecule has 0 aliphatic heterocycles. The summed E-state index contributed by atoms with van der Waals surface area (Å²) in [6.45, 7) is 3.11. The zero-order valence-electron chi connectivity index (χ0n) is 16.7. The van der Waals surface area contributed by atoms with Crippen LogP contribution >= 0.6 is 24.0 Å². The highest BCUT2D eigenvalue weighted by Gasteiger charge is 2.36. The zero-order chi connectivity index (χ0) is 20.6. The number of aliphatic imine (C=N–C) groups is 1. The molecule has 1 aromatic carbocycles. The van der Waals surface area contributed by atoms with Gasteiger partial charge < -0.3 is 15.4 Å². The van der Waals surface area contributed by atoms with Crippen molar-refractivity contribution in [2.45, 2.75) is 32.2 Å². The van der Waals surface area contributed by atoms with Gasteiger partial charge >= 0.3 is 6.18 Å². The lowest BCUT2D eigenvalue weighted by Crippen LogP contribution is -2.37. The highest BCUT2D eigenvalue weighted by molar-refractivity contribution is 14.0. The summed E-state index contributed by atoms with van der Waals surface area (Å²) in [5.41, 5.74) is 0.295. The van der Waals surface area contributed by atoms with Crippen LogP contribution in [0.2, 0.25) is 0 Å². The molecule has 29 heavy (non-hydrogen) atoms. The molecule has 2 rings (SSSR count). The Bertz CT molecular complexity index is 765. The molecule has 1 aromatic heterocycles. The Kier molecular flexibility index (Phi) is 10.4. The van der Waals surface area contributed by atoms with Crippen molar-refractivity contribution in [1.82, 2.24) is 20.4 Å². The van der Waals surface area contributed by atoms with Crippen LogP contribution < -0.4 is 10.6 Å². The molecule has 0 fully saturated rings. The van der Waals surface area contributed by atoms with E-state index < -0.39 is 11.9 Å². The third-order valence-corrected chi connectivity index (χ3v) is 4.09. The summed E-state index contributed by atoms with van der Waals surface area (Å²) >= 11 is 0. The average Bonchev–Trinajstić information content (AvgIpc) is 3.05. The fourth-order valence-electron chi connectivity index (χ4n) is 2.66. The lowest BCUT2D eigenvalue weighted by molar-refractivity contribution is -0.142. The predicted octanol–water partition coefficient (Wildman–Crippen LogP) is 3.89. The summed E-state index contributed by atoms with van der Waals surface area (Å²) in [6.07, 6.45) is -2.40. The minimum atomic E-state index is -4.48. The number of halogens is 4. The van der Waals surface area contributed by atoms with Crippen molar-refractivity contribution in [3.63, 3.8) is 0 Å². The summed E-state index contributed by atoms with van der Waals surface area (Å²) < 4.78 is 45.9. The number of hydrogen-bond donors (Lipinski definition) is 2. The first-order valence-corrected chi connectivity index (χ1v) is 9.02. The Labute approximate surface area is 185 Å². The molecule has 1 heterocycles. The van der Waals surface area contributed by atoms with E-state index in [1.165, 1.54) is 13.2 Å². The Morgan fingerprint density at radius 2 is 1.93 bits per heavy atom. The van der Waals surface area contributed by atoms with Crippen molar-refractivity contribution in [2.75, 3.05) is 20.2 Å². The quantitative estimate of drug-likeness (QED) is 0.238. The molecule has 0 radical (unpaired) electrons. The van der Waals surface area contributed by atoms with E-state index in [9.17, 15) is 13.2 Å². The monoisotopic (exact) mass is 525 g/mol. The number of nitrogens with zero attached hydrogens (tertiary/aromatic N) is 3. The van der Waals surface area contributed by atoms with E-state index in [0.717, 1.165) is 16.7 Å². The van der Waals surface area contributed by atoms with Gasteiger partial charge in [0.2, 0.25) is 0 Å². The van der Waals surface area contributed by atoms with E-state index in [-0.39, 0.29) is 42.2 Å². The van der Waals surface area contributed by atoms with Crippen LogP contribution in [0.3, 0.4) is 0 Å². The van der Waals surface area contributed by atoms with Gasteiger partial charge in [-0.25, -0.2) is 0 Å². The van der Waals surface area contributed by atoms with Gasteiger partial charge in [-0.05, 0) is 18.9 Å². The molecular weight excluding hydrogens is 498 g/mol. The third-order valence-electron chi connectivity index (χ3n) is 4.09. The van der Waals surface area contributed by atoms with Crippen LogP contribution in [0.5, 0.6) is 0 Å². The number of alkyl halides is 3. The predicted molar refractivity (Wildman–Crippen MR) is 117 cm³/mol. The maximum atomic E-state index is 13.0. The van der Waals surface area contributed by atoms with Crippen LogP contribution in [0.15, 0.2) is 41.5 Å². The minimum absolute atomic E-state index is 0.